The molecule has 3 unspecified atom stereocenters. The zero-order valence-corrected chi connectivity index (χ0v) is 13.8. The topological polar surface area (TPSA) is 21.3 Å². The van der Waals surface area contributed by atoms with Gasteiger partial charge >= 0.3 is 0 Å². The van der Waals surface area contributed by atoms with Gasteiger partial charge in [0.25, 0.3) is 0 Å². The molecule has 1 aliphatic carbocycles. The molecule has 1 aromatic rings. The van der Waals surface area contributed by atoms with Crippen molar-refractivity contribution >= 4 is 11.8 Å². The smallest absolute Gasteiger partial charge is 0.0608 e. The predicted octanol–water partition coefficient (Wildman–Crippen LogP) is 3.82. The lowest BCUT2D eigenvalue weighted by Gasteiger charge is -2.40. The summed E-state index contributed by atoms with van der Waals surface area (Å²) in [5.41, 5.74) is 1.53. The minimum absolute atomic E-state index is 0.690. The van der Waals surface area contributed by atoms with Crippen molar-refractivity contribution in [2.45, 2.75) is 55.1 Å². The fourth-order valence-electron chi connectivity index (χ4n) is 3.41. The van der Waals surface area contributed by atoms with E-state index in [4.69, 9.17) is 4.74 Å². The van der Waals surface area contributed by atoms with Crippen molar-refractivity contribution in [2.75, 3.05) is 19.8 Å². The number of benzene rings is 1. The molecule has 1 heterocycles. The maximum Gasteiger partial charge on any atom is 0.0608 e. The maximum atomic E-state index is 5.36. The van der Waals surface area contributed by atoms with Gasteiger partial charge in [0.2, 0.25) is 0 Å². The first-order valence-corrected chi connectivity index (χ1v) is 9.32. The number of hydrogen-bond acceptors (Lipinski definition) is 3. The van der Waals surface area contributed by atoms with Gasteiger partial charge in [-0.25, -0.2) is 0 Å². The van der Waals surface area contributed by atoms with Crippen LogP contribution in [0.25, 0.3) is 0 Å². The van der Waals surface area contributed by atoms with Crippen LogP contribution >= 0.6 is 11.8 Å². The van der Waals surface area contributed by atoms with Crippen LogP contribution in [-0.2, 0) is 4.74 Å². The van der Waals surface area contributed by atoms with E-state index in [0.29, 0.717) is 6.04 Å². The van der Waals surface area contributed by atoms with Crippen molar-refractivity contribution in [3.8, 4) is 0 Å². The fraction of sp³-hybridized carbons (Fsp3) is 0.667. The number of hydrogen-bond donors (Lipinski definition) is 1. The summed E-state index contributed by atoms with van der Waals surface area (Å²) in [5, 5.41) is 5.26. The summed E-state index contributed by atoms with van der Waals surface area (Å²) in [5.74, 6) is 0.740. The van der Waals surface area contributed by atoms with Crippen LogP contribution in [0.5, 0.6) is 0 Å². The highest BCUT2D eigenvalue weighted by molar-refractivity contribution is 8.00. The summed E-state index contributed by atoms with van der Waals surface area (Å²) >= 11 is 2.18. The van der Waals surface area contributed by atoms with Crippen LogP contribution in [0.15, 0.2) is 30.3 Å². The maximum absolute atomic E-state index is 5.36. The molecule has 3 heteroatoms. The van der Waals surface area contributed by atoms with E-state index in [1.165, 1.54) is 31.2 Å². The highest BCUT2D eigenvalue weighted by atomic mass is 32.2. The largest absolute Gasteiger partial charge is 0.379 e. The molecular formula is C18H27NOS. The lowest BCUT2D eigenvalue weighted by Crippen LogP contribution is -2.45. The number of rotatable bonds is 6. The molecule has 3 atom stereocenters. The van der Waals surface area contributed by atoms with Crippen LogP contribution in [0, 0.1) is 0 Å². The predicted molar refractivity (Wildman–Crippen MR) is 91.1 cm³/mol. The quantitative estimate of drug-likeness (QED) is 0.863. The molecule has 0 bridgehead atoms. The van der Waals surface area contributed by atoms with Crippen molar-refractivity contribution in [3.05, 3.63) is 35.9 Å². The van der Waals surface area contributed by atoms with Crippen LogP contribution in [0.1, 0.15) is 44.1 Å². The molecular weight excluding hydrogens is 278 g/mol. The van der Waals surface area contributed by atoms with Gasteiger partial charge in [-0.2, -0.15) is 0 Å². The first-order valence-electron chi connectivity index (χ1n) is 8.38. The van der Waals surface area contributed by atoms with E-state index >= 15 is 0 Å². The molecule has 0 spiro atoms. The third-order valence-corrected chi connectivity index (χ3v) is 6.22. The average Bonchev–Trinajstić information content (AvgIpc) is 2.50. The number of thioether (sulfide) groups is 1. The van der Waals surface area contributed by atoms with Gasteiger partial charge in [-0.3, -0.25) is 0 Å². The highest BCUT2D eigenvalue weighted by Gasteiger charge is 2.34. The van der Waals surface area contributed by atoms with Crippen LogP contribution < -0.4 is 5.32 Å². The molecule has 1 saturated heterocycles. The Morgan fingerprint density at radius 2 is 2.00 bits per heavy atom. The zero-order valence-electron chi connectivity index (χ0n) is 13.0. The van der Waals surface area contributed by atoms with Gasteiger partial charge in [0, 0.05) is 11.3 Å². The first kappa shape index (κ1) is 15.4. The third kappa shape index (κ3) is 4.02. The van der Waals surface area contributed by atoms with Crippen molar-refractivity contribution in [3.63, 3.8) is 0 Å². The van der Waals surface area contributed by atoms with Gasteiger partial charge in [-0.05, 0) is 43.7 Å². The standard InChI is InChI=1S/C18H27NOS/c1-2-10-19-17-9-8-15(14-6-4-3-5-7-14)11-18(17)21-16-12-20-13-16/h3-7,15-19H,2,8-13H2,1H3. The molecule has 1 saturated carbocycles. The summed E-state index contributed by atoms with van der Waals surface area (Å²) in [6, 6.07) is 11.8. The Morgan fingerprint density at radius 1 is 1.19 bits per heavy atom. The van der Waals surface area contributed by atoms with E-state index in [0.717, 1.165) is 36.2 Å². The summed E-state index contributed by atoms with van der Waals surface area (Å²) in [6.45, 7) is 5.32. The second-order valence-corrected chi connectivity index (χ2v) is 7.86. The number of nitrogens with one attached hydrogen (secondary N) is 1. The van der Waals surface area contributed by atoms with Crippen molar-refractivity contribution < 1.29 is 4.74 Å². The second kappa shape index (κ2) is 7.66. The molecule has 116 valence electrons. The van der Waals surface area contributed by atoms with E-state index < -0.39 is 0 Å². The van der Waals surface area contributed by atoms with E-state index in [2.05, 4.69) is 54.3 Å². The van der Waals surface area contributed by atoms with Gasteiger partial charge in [0.15, 0.2) is 0 Å². The Hall–Kier alpha value is -0.510. The molecule has 3 rings (SSSR count). The van der Waals surface area contributed by atoms with Gasteiger partial charge in [0.05, 0.1) is 18.5 Å². The van der Waals surface area contributed by atoms with Crippen LogP contribution in [0.4, 0.5) is 0 Å². The molecule has 2 fully saturated rings. The third-order valence-electron chi connectivity index (χ3n) is 4.69. The highest BCUT2D eigenvalue weighted by Crippen LogP contribution is 2.40. The molecule has 2 nitrogen and oxygen atoms in total. The molecule has 1 N–H and O–H groups in total. The van der Waals surface area contributed by atoms with E-state index in [1.54, 1.807) is 0 Å². The lowest BCUT2D eigenvalue weighted by molar-refractivity contribution is 0.0450. The van der Waals surface area contributed by atoms with Crippen molar-refractivity contribution in [2.24, 2.45) is 0 Å². The van der Waals surface area contributed by atoms with Crippen LogP contribution in [-0.4, -0.2) is 36.3 Å². The average molecular weight is 305 g/mol. The molecule has 1 aliphatic heterocycles. The molecule has 21 heavy (non-hydrogen) atoms. The normalized spacial score (nSPS) is 30.0. The van der Waals surface area contributed by atoms with Gasteiger partial charge in [-0.15, -0.1) is 11.8 Å². The van der Waals surface area contributed by atoms with Crippen molar-refractivity contribution in [1.29, 1.82) is 0 Å². The number of ether oxygens (including phenoxy) is 1. The monoisotopic (exact) mass is 305 g/mol. The second-order valence-electron chi connectivity index (χ2n) is 6.32. The van der Waals surface area contributed by atoms with Gasteiger partial charge in [-0.1, -0.05) is 37.3 Å². The minimum atomic E-state index is 0.690. The van der Waals surface area contributed by atoms with Gasteiger partial charge < -0.3 is 10.1 Å². The first-order chi connectivity index (χ1) is 10.4. The fourth-order valence-corrected chi connectivity index (χ4v) is 5.02. The summed E-state index contributed by atoms with van der Waals surface area (Å²) < 4.78 is 5.36. The van der Waals surface area contributed by atoms with Crippen LogP contribution in [0.2, 0.25) is 0 Å². The molecule has 1 aromatic carbocycles. The Bertz CT molecular complexity index is 420. The Kier molecular flexibility index (Phi) is 5.61. The van der Waals surface area contributed by atoms with Crippen LogP contribution in [0.3, 0.4) is 0 Å². The Balaban J connectivity index is 1.63. The SMILES string of the molecule is CCCNC1CCC(c2ccccc2)CC1SC1COC1. The van der Waals surface area contributed by atoms with Gasteiger partial charge in [0.1, 0.15) is 0 Å². The molecule has 0 aromatic heterocycles. The Labute approximate surface area is 133 Å². The van der Waals surface area contributed by atoms with Crippen molar-refractivity contribution in [1.82, 2.24) is 5.32 Å². The lowest BCUT2D eigenvalue weighted by atomic mass is 9.81. The summed E-state index contributed by atoms with van der Waals surface area (Å²) in [4.78, 5) is 0. The molecule has 0 amide bonds. The molecule has 0 radical (unpaired) electrons. The van der Waals surface area contributed by atoms with E-state index in [9.17, 15) is 0 Å². The summed E-state index contributed by atoms with van der Waals surface area (Å²) in [6.07, 6.45) is 5.17. The van der Waals surface area contributed by atoms with E-state index in [-0.39, 0.29) is 0 Å². The minimum Gasteiger partial charge on any atom is -0.379 e. The van der Waals surface area contributed by atoms with E-state index in [1.807, 2.05) is 0 Å². The molecule has 2 aliphatic rings. The Morgan fingerprint density at radius 3 is 2.67 bits per heavy atom. The zero-order chi connectivity index (χ0) is 14.5. The summed E-state index contributed by atoms with van der Waals surface area (Å²) in [7, 11) is 0.